The van der Waals surface area contributed by atoms with Gasteiger partial charge in [0.15, 0.2) is 5.17 Å². The van der Waals surface area contributed by atoms with Crippen LogP contribution in [0, 0.1) is 6.92 Å². The molecule has 1 N–H and O–H groups in total. The molecule has 0 bridgehead atoms. The van der Waals surface area contributed by atoms with Crippen molar-refractivity contribution in [3.05, 3.63) is 29.6 Å². The van der Waals surface area contributed by atoms with Crippen molar-refractivity contribution < 1.29 is 0 Å². The summed E-state index contributed by atoms with van der Waals surface area (Å²) < 4.78 is 0. The molecule has 2 heterocycles. The second kappa shape index (κ2) is 4.46. The number of aromatic nitrogens is 1. The molecule has 0 amide bonds. The van der Waals surface area contributed by atoms with Crippen molar-refractivity contribution in [3.8, 4) is 0 Å². The largest absolute Gasteiger partial charge is 0.361 e. The van der Waals surface area contributed by atoms with Crippen LogP contribution in [0.3, 0.4) is 0 Å². The predicted molar refractivity (Wildman–Crippen MR) is 60.6 cm³/mol. The van der Waals surface area contributed by atoms with Crippen LogP contribution in [0.1, 0.15) is 11.1 Å². The molecule has 1 aromatic rings. The number of hydrogen-bond donors (Lipinski definition) is 1. The molecule has 1 aliphatic heterocycles. The van der Waals surface area contributed by atoms with Gasteiger partial charge in [-0.05, 0) is 24.1 Å². The van der Waals surface area contributed by atoms with Crippen LogP contribution in [0.2, 0.25) is 0 Å². The van der Waals surface area contributed by atoms with E-state index < -0.39 is 0 Å². The van der Waals surface area contributed by atoms with Crippen molar-refractivity contribution in [1.29, 1.82) is 0 Å². The Labute approximate surface area is 88.0 Å². The first-order valence-electron chi connectivity index (χ1n) is 4.67. The summed E-state index contributed by atoms with van der Waals surface area (Å²) in [5.74, 6) is 1.11. The Bertz CT molecular complexity index is 349. The van der Waals surface area contributed by atoms with Crippen LogP contribution in [-0.2, 0) is 6.54 Å². The van der Waals surface area contributed by atoms with Gasteiger partial charge >= 0.3 is 0 Å². The summed E-state index contributed by atoms with van der Waals surface area (Å²) in [5, 5.41) is 4.39. The number of thioether (sulfide) groups is 1. The van der Waals surface area contributed by atoms with Gasteiger partial charge in [-0.25, -0.2) is 0 Å². The zero-order chi connectivity index (χ0) is 9.80. The Morgan fingerprint density at radius 3 is 3.21 bits per heavy atom. The lowest BCUT2D eigenvalue weighted by atomic mass is 10.2. The smallest absolute Gasteiger partial charge is 0.156 e. The number of nitrogens with one attached hydrogen (secondary N) is 1. The Kier molecular flexibility index (Phi) is 3.03. The lowest BCUT2D eigenvalue weighted by molar-refractivity contribution is 0.908. The average molecular weight is 207 g/mol. The lowest BCUT2D eigenvalue weighted by Gasteiger charge is -2.06. The molecule has 0 saturated carbocycles. The predicted octanol–water partition coefficient (Wildman–Crippen LogP) is 1.58. The molecule has 1 aromatic heterocycles. The standard InChI is InChI=1S/C10H13N3S/c1-8-6-11-3-2-9(8)7-13-10-12-4-5-14-10/h2-3,6H,4-5,7H2,1H3,(H,12,13). The fraction of sp³-hybridized carbons (Fsp3) is 0.400. The molecule has 14 heavy (non-hydrogen) atoms. The van der Waals surface area contributed by atoms with E-state index in [1.807, 2.05) is 18.5 Å². The van der Waals surface area contributed by atoms with E-state index >= 15 is 0 Å². The minimum atomic E-state index is 0.847. The first kappa shape index (κ1) is 9.52. The maximum absolute atomic E-state index is 4.33. The summed E-state index contributed by atoms with van der Waals surface area (Å²) in [6.45, 7) is 3.87. The molecule has 0 aliphatic carbocycles. The van der Waals surface area contributed by atoms with Gasteiger partial charge in [-0.1, -0.05) is 11.8 Å². The minimum absolute atomic E-state index is 0.847. The second-order valence-electron chi connectivity index (χ2n) is 3.19. The zero-order valence-electron chi connectivity index (χ0n) is 8.16. The summed E-state index contributed by atoms with van der Waals surface area (Å²) in [5.41, 5.74) is 2.51. The summed E-state index contributed by atoms with van der Waals surface area (Å²) in [4.78, 5) is 8.39. The number of aliphatic imine (C=N–C) groups is 1. The summed E-state index contributed by atoms with van der Waals surface area (Å²) in [6, 6.07) is 2.04. The highest BCUT2D eigenvalue weighted by molar-refractivity contribution is 8.14. The van der Waals surface area contributed by atoms with Crippen LogP contribution in [0.4, 0.5) is 0 Å². The van der Waals surface area contributed by atoms with Crippen LogP contribution in [0.25, 0.3) is 0 Å². The highest BCUT2D eigenvalue weighted by Gasteiger charge is 2.06. The summed E-state index contributed by atoms with van der Waals surface area (Å²) >= 11 is 1.79. The third-order valence-corrected chi connectivity index (χ3v) is 3.09. The molecule has 1 aliphatic rings. The molecule has 0 atom stereocenters. The molecule has 0 unspecified atom stereocenters. The van der Waals surface area contributed by atoms with Crippen molar-refractivity contribution in [1.82, 2.24) is 10.3 Å². The van der Waals surface area contributed by atoms with E-state index in [4.69, 9.17) is 0 Å². The monoisotopic (exact) mass is 207 g/mol. The fourth-order valence-electron chi connectivity index (χ4n) is 1.31. The number of nitrogens with zero attached hydrogens (tertiary/aromatic N) is 2. The topological polar surface area (TPSA) is 37.3 Å². The third-order valence-electron chi connectivity index (χ3n) is 2.15. The third kappa shape index (κ3) is 2.26. The molecule has 0 spiro atoms. The van der Waals surface area contributed by atoms with Gasteiger partial charge in [-0.15, -0.1) is 0 Å². The van der Waals surface area contributed by atoms with Gasteiger partial charge in [0.2, 0.25) is 0 Å². The maximum atomic E-state index is 4.33. The quantitative estimate of drug-likeness (QED) is 0.800. The zero-order valence-corrected chi connectivity index (χ0v) is 8.97. The molecule has 74 valence electrons. The van der Waals surface area contributed by atoms with E-state index in [1.165, 1.54) is 11.1 Å². The molecular formula is C10H13N3S. The minimum Gasteiger partial charge on any atom is -0.361 e. The van der Waals surface area contributed by atoms with E-state index in [-0.39, 0.29) is 0 Å². The summed E-state index contributed by atoms with van der Waals surface area (Å²) in [6.07, 6.45) is 3.72. The van der Waals surface area contributed by atoms with E-state index in [0.29, 0.717) is 0 Å². The number of aryl methyl sites for hydroxylation is 1. The van der Waals surface area contributed by atoms with Crippen molar-refractivity contribution in [3.63, 3.8) is 0 Å². The van der Waals surface area contributed by atoms with Crippen LogP contribution in [-0.4, -0.2) is 22.4 Å². The first-order valence-corrected chi connectivity index (χ1v) is 5.65. The Hall–Kier alpha value is -1.03. The van der Waals surface area contributed by atoms with Crippen LogP contribution < -0.4 is 5.32 Å². The molecule has 0 radical (unpaired) electrons. The van der Waals surface area contributed by atoms with Crippen molar-refractivity contribution in [2.24, 2.45) is 4.99 Å². The second-order valence-corrected chi connectivity index (χ2v) is 4.27. The van der Waals surface area contributed by atoms with Crippen molar-refractivity contribution in [2.75, 3.05) is 12.3 Å². The van der Waals surface area contributed by atoms with Gasteiger partial charge in [0.05, 0.1) is 6.54 Å². The molecule has 0 saturated heterocycles. The lowest BCUT2D eigenvalue weighted by Crippen LogP contribution is -2.18. The van der Waals surface area contributed by atoms with Crippen LogP contribution in [0.5, 0.6) is 0 Å². The molecule has 0 fully saturated rings. The number of amidine groups is 1. The van der Waals surface area contributed by atoms with Gasteiger partial charge < -0.3 is 5.32 Å². The maximum Gasteiger partial charge on any atom is 0.156 e. The summed E-state index contributed by atoms with van der Waals surface area (Å²) in [7, 11) is 0. The Morgan fingerprint density at radius 2 is 2.50 bits per heavy atom. The van der Waals surface area contributed by atoms with E-state index in [0.717, 1.165) is 24.0 Å². The van der Waals surface area contributed by atoms with Gasteiger partial charge in [0.1, 0.15) is 0 Å². The van der Waals surface area contributed by atoms with Crippen LogP contribution >= 0.6 is 11.8 Å². The molecular weight excluding hydrogens is 194 g/mol. The van der Waals surface area contributed by atoms with Gasteiger partial charge in [-0.3, -0.25) is 9.98 Å². The number of rotatable bonds is 2. The molecule has 0 aromatic carbocycles. The van der Waals surface area contributed by atoms with Gasteiger partial charge in [-0.2, -0.15) is 0 Å². The van der Waals surface area contributed by atoms with Crippen molar-refractivity contribution >= 4 is 16.9 Å². The van der Waals surface area contributed by atoms with Gasteiger partial charge in [0.25, 0.3) is 0 Å². The average Bonchev–Trinajstić information content (AvgIpc) is 2.69. The van der Waals surface area contributed by atoms with Crippen LogP contribution in [0.15, 0.2) is 23.5 Å². The van der Waals surface area contributed by atoms with Gasteiger partial charge in [0, 0.05) is 24.7 Å². The fourth-order valence-corrected chi connectivity index (χ4v) is 2.05. The highest BCUT2D eigenvalue weighted by Crippen LogP contribution is 2.10. The SMILES string of the molecule is Cc1cnccc1CNC1=NCCS1. The number of hydrogen-bond acceptors (Lipinski definition) is 4. The normalized spacial score (nSPS) is 15.4. The highest BCUT2D eigenvalue weighted by atomic mass is 32.2. The molecule has 2 rings (SSSR count). The van der Waals surface area contributed by atoms with E-state index in [2.05, 4.69) is 22.2 Å². The van der Waals surface area contributed by atoms with Crippen molar-refractivity contribution in [2.45, 2.75) is 13.5 Å². The molecule has 3 nitrogen and oxygen atoms in total. The number of pyridine rings is 1. The first-order chi connectivity index (χ1) is 6.86. The molecule has 4 heteroatoms. The Balaban J connectivity index is 1.94. The van der Waals surface area contributed by atoms with E-state index in [1.54, 1.807) is 11.8 Å². The Morgan fingerprint density at radius 1 is 1.57 bits per heavy atom. The van der Waals surface area contributed by atoms with E-state index in [9.17, 15) is 0 Å².